The van der Waals surface area contributed by atoms with E-state index >= 15 is 0 Å². The lowest BCUT2D eigenvalue weighted by molar-refractivity contribution is -0.243. The lowest BCUT2D eigenvalue weighted by Gasteiger charge is -2.60. The molecule has 0 bridgehead atoms. The van der Waals surface area contributed by atoms with Crippen molar-refractivity contribution in [3.8, 4) is 0 Å². The van der Waals surface area contributed by atoms with Gasteiger partial charge < -0.3 is 4.74 Å². The van der Waals surface area contributed by atoms with Gasteiger partial charge in [0.15, 0.2) is 0 Å². The van der Waals surface area contributed by atoms with Gasteiger partial charge in [-0.1, -0.05) is 51.5 Å². The van der Waals surface area contributed by atoms with Gasteiger partial charge in [-0.15, -0.1) is 0 Å². The van der Waals surface area contributed by atoms with E-state index < -0.39 is 0 Å². The van der Waals surface area contributed by atoms with E-state index in [-0.39, 0.29) is 11.8 Å². The highest BCUT2D eigenvalue weighted by Gasteiger charge is 2.53. The number of rotatable bonds is 1. The molecule has 1 aromatic carbocycles. The first kappa shape index (κ1) is 16.6. The van der Waals surface area contributed by atoms with Crippen LogP contribution in [0.25, 0.3) is 0 Å². The molecule has 2 heterocycles. The van der Waals surface area contributed by atoms with E-state index in [1.807, 2.05) is 0 Å². The van der Waals surface area contributed by atoms with Gasteiger partial charge in [-0.2, -0.15) is 0 Å². The van der Waals surface area contributed by atoms with Gasteiger partial charge in [-0.25, -0.2) is 0 Å². The molecule has 0 aromatic heterocycles. The van der Waals surface area contributed by atoms with Crippen LogP contribution in [-0.4, -0.2) is 23.1 Å². The van der Waals surface area contributed by atoms with Gasteiger partial charge in [0, 0.05) is 18.0 Å². The molecule has 1 saturated heterocycles. The van der Waals surface area contributed by atoms with Crippen LogP contribution in [-0.2, 0) is 4.74 Å². The molecule has 1 aromatic rings. The van der Waals surface area contributed by atoms with Crippen molar-refractivity contribution in [1.82, 2.24) is 4.90 Å². The number of benzene rings is 1. The summed E-state index contributed by atoms with van der Waals surface area (Å²) in [7, 11) is 0. The van der Waals surface area contributed by atoms with E-state index in [0.717, 1.165) is 12.5 Å². The maximum Gasteiger partial charge on any atom is 0.137 e. The Morgan fingerprint density at radius 2 is 1.83 bits per heavy atom. The fourth-order valence-electron chi connectivity index (χ4n) is 5.57. The van der Waals surface area contributed by atoms with Gasteiger partial charge >= 0.3 is 0 Å². The Hall–Kier alpha value is -0.860. The Kier molecular flexibility index (Phi) is 4.04. The predicted octanol–water partition coefficient (Wildman–Crippen LogP) is 5.35. The predicted molar refractivity (Wildman–Crippen MR) is 98.9 cm³/mol. The second-order valence-electron chi connectivity index (χ2n) is 9.34. The fourth-order valence-corrected chi connectivity index (χ4v) is 5.57. The smallest absolute Gasteiger partial charge is 0.137 e. The zero-order valence-electron chi connectivity index (χ0n) is 16.0. The zero-order valence-corrected chi connectivity index (χ0v) is 16.0. The minimum Gasteiger partial charge on any atom is -0.355 e. The first-order chi connectivity index (χ1) is 11.4. The molecule has 2 fully saturated rings. The van der Waals surface area contributed by atoms with Crippen LogP contribution < -0.4 is 0 Å². The molecule has 0 radical (unpaired) electrons. The second kappa shape index (κ2) is 5.85. The van der Waals surface area contributed by atoms with Crippen LogP contribution in [0.4, 0.5) is 0 Å². The lowest BCUT2D eigenvalue weighted by atomic mass is 9.68. The second-order valence-corrected chi connectivity index (χ2v) is 9.34. The summed E-state index contributed by atoms with van der Waals surface area (Å²) in [5, 5.41) is 0. The SMILES string of the molecule is CC(C)[C@H]1CN2C(O[C@@H]3C[C@H](C)CC[C@H]3C2(C)C)c2ccccc21. The highest BCUT2D eigenvalue weighted by Crippen LogP contribution is 2.52. The summed E-state index contributed by atoms with van der Waals surface area (Å²) in [5.74, 6) is 2.74. The molecule has 2 heteroatoms. The van der Waals surface area contributed by atoms with Gasteiger partial charge in [-0.05, 0) is 55.6 Å². The van der Waals surface area contributed by atoms with Crippen LogP contribution in [0.2, 0.25) is 0 Å². The first-order valence-electron chi connectivity index (χ1n) is 9.90. The highest BCUT2D eigenvalue weighted by molar-refractivity contribution is 5.36. The summed E-state index contributed by atoms with van der Waals surface area (Å²) in [6.07, 6.45) is 4.48. The standard InChI is InChI=1S/C22H33NO/c1-14(2)18-13-23-21(17-9-7-6-8-16(17)18)24-20-12-15(3)10-11-19(20)22(23,4)5/h6-9,14-15,18-21H,10-13H2,1-5H3/t15-,18-,19-,20-,21?/m1/s1. The molecular weight excluding hydrogens is 294 g/mol. The van der Waals surface area contributed by atoms with Gasteiger partial charge in [0.1, 0.15) is 6.23 Å². The lowest BCUT2D eigenvalue weighted by Crippen LogP contribution is -2.63. The summed E-state index contributed by atoms with van der Waals surface area (Å²) in [4.78, 5) is 2.69. The molecule has 24 heavy (non-hydrogen) atoms. The number of hydrogen-bond acceptors (Lipinski definition) is 2. The van der Waals surface area contributed by atoms with Crippen molar-refractivity contribution in [3.05, 3.63) is 35.4 Å². The Bertz CT molecular complexity index is 608. The van der Waals surface area contributed by atoms with Crippen molar-refractivity contribution in [1.29, 1.82) is 0 Å². The molecule has 0 spiro atoms. The Morgan fingerprint density at radius 3 is 2.54 bits per heavy atom. The molecule has 2 aliphatic heterocycles. The van der Waals surface area contributed by atoms with Crippen molar-refractivity contribution >= 4 is 0 Å². The summed E-state index contributed by atoms with van der Waals surface area (Å²) in [6.45, 7) is 13.2. The van der Waals surface area contributed by atoms with Crippen molar-refractivity contribution in [2.75, 3.05) is 6.54 Å². The average molecular weight is 328 g/mol. The Morgan fingerprint density at radius 1 is 1.12 bits per heavy atom. The Balaban J connectivity index is 1.76. The molecular formula is C22H33NO. The summed E-state index contributed by atoms with van der Waals surface area (Å²) in [6, 6.07) is 9.03. The van der Waals surface area contributed by atoms with E-state index in [9.17, 15) is 0 Å². The molecule has 1 aliphatic carbocycles. The third-order valence-electron chi connectivity index (χ3n) is 7.15. The van der Waals surface area contributed by atoms with E-state index in [1.54, 1.807) is 0 Å². The fraction of sp³-hybridized carbons (Fsp3) is 0.727. The van der Waals surface area contributed by atoms with Crippen molar-refractivity contribution < 1.29 is 4.74 Å². The van der Waals surface area contributed by atoms with E-state index in [1.165, 1.54) is 30.4 Å². The molecule has 5 atom stereocenters. The van der Waals surface area contributed by atoms with Crippen LogP contribution >= 0.6 is 0 Å². The molecule has 0 N–H and O–H groups in total. The summed E-state index contributed by atoms with van der Waals surface area (Å²) >= 11 is 0. The van der Waals surface area contributed by atoms with Gasteiger partial charge in [-0.3, -0.25) is 4.90 Å². The van der Waals surface area contributed by atoms with Gasteiger partial charge in [0.25, 0.3) is 0 Å². The third kappa shape index (κ3) is 2.45. The molecule has 4 rings (SSSR count). The first-order valence-corrected chi connectivity index (χ1v) is 9.90. The van der Waals surface area contributed by atoms with Crippen LogP contribution in [0.15, 0.2) is 24.3 Å². The summed E-state index contributed by atoms with van der Waals surface area (Å²) < 4.78 is 6.78. The minimum atomic E-state index is 0.151. The number of fused-ring (bicyclic) bond motifs is 4. The maximum atomic E-state index is 6.78. The zero-order chi connectivity index (χ0) is 17.1. The van der Waals surface area contributed by atoms with Crippen molar-refractivity contribution in [3.63, 3.8) is 0 Å². The van der Waals surface area contributed by atoms with E-state index in [2.05, 4.69) is 63.8 Å². The molecule has 1 saturated carbocycles. The monoisotopic (exact) mass is 327 g/mol. The maximum absolute atomic E-state index is 6.78. The minimum absolute atomic E-state index is 0.151. The van der Waals surface area contributed by atoms with E-state index in [4.69, 9.17) is 4.74 Å². The van der Waals surface area contributed by atoms with Gasteiger partial charge in [0.05, 0.1) is 6.10 Å². The number of ether oxygens (including phenoxy) is 1. The quantitative estimate of drug-likeness (QED) is 0.689. The molecule has 2 nitrogen and oxygen atoms in total. The molecule has 132 valence electrons. The normalized spacial score (nSPS) is 38.3. The van der Waals surface area contributed by atoms with Crippen LogP contribution in [0, 0.1) is 17.8 Å². The van der Waals surface area contributed by atoms with Gasteiger partial charge in [0.2, 0.25) is 0 Å². The Labute approximate surface area is 147 Å². The van der Waals surface area contributed by atoms with Crippen molar-refractivity contribution in [2.24, 2.45) is 17.8 Å². The topological polar surface area (TPSA) is 12.5 Å². The molecule has 3 aliphatic rings. The number of nitrogens with zero attached hydrogens (tertiary/aromatic N) is 1. The average Bonchev–Trinajstić information content (AvgIpc) is 2.53. The molecule has 0 amide bonds. The number of hydrogen-bond donors (Lipinski definition) is 0. The molecule has 1 unspecified atom stereocenters. The highest BCUT2D eigenvalue weighted by atomic mass is 16.5. The summed E-state index contributed by atoms with van der Waals surface area (Å²) in [5.41, 5.74) is 3.16. The largest absolute Gasteiger partial charge is 0.355 e. The third-order valence-corrected chi connectivity index (χ3v) is 7.15. The van der Waals surface area contributed by atoms with Crippen LogP contribution in [0.5, 0.6) is 0 Å². The van der Waals surface area contributed by atoms with Crippen LogP contribution in [0.1, 0.15) is 77.2 Å². The van der Waals surface area contributed by atoms with Crippen molar-refractivity contribution in [2.45, 2.75) is 77.7 Å². The van der Waals surface area contributed by atoms with Crippen LogP contribution in [0.3, 0.4) is 0 Å². The van der Waals surface area contributed by atoms with E-state index in [0.29, 0.717) is 23.9 Å².